The summed E-state index contributed by atoms with van der Waals surface area (Å²) in [5.41, 5.74) is 3.74. The predicted octanol–water partition coefficient (Wildman–Crippen LogP) is 5.55. The lowest BCUT2D eigenvalue weighted by molar-refractivity contribution is -0.295. The van der Waals surface area contributed by atoms with Gasteiger partial charge in [0.2, 0.25) is 5.43 Å². The van der Waals surface area contributed by atoms with Crippen molar-refractivity contribution in [3.05, 3.63) is 45.7 Å². The molecule has 67 heavy (non-hydrogen) atoms. The van der Waals surface area contributed by atoms with Crippen LogP contribution in [-0.2, 0) is 38.1 Å². The van der Waals surface area contributed by atoms with Crippen molar-refractivity contribution in [2.75, 3.05) is 27.7 Å². The number of unbranched alkanes of at least 4 members (excludes halogenated alkanes) is 3. The smallest absolute Gasteiger partial charge is 0.410 e. The predicted molar refractivity (Wildman–Crippen MR) is 250 cm³/mol. The Morgan fingerprint density at radius 2 is 1.70 bits per heavy atom. The molecule has 2 aromatic rings. The quantitative estimate of drug-likeness (QED) is 0.116. The van der Waals surface area contributed by atoms with Crippen molar-refractivity contribution in [1.29, 1.82) is 0 Å². The van der Waals surface area contributed by atoms with E-state index in [0.29, 0.717) is 43.1 Å². The highest BCUT2D eigenvalue weighted by atomic mass is 16.7. The molecule has 368 valence electrons. The number of pyridine rings is 1. The lowest BCUT2D eigenvalue weighted by Gasteiger charge is -2.47. The Hall–Kier alpha value is -4.66. The van der Waals surface area contributed by atoms with Crippen LogP contribution in [0.3, 0.4) is 0 Å². The number of amides is 2. The first kappa shape index (κ1) is 51.7. The van der Waals surface area contributed by atoms with Crippen LogP contribution in [0.2, 0.25) is 0 Å². The molecular formula is C51H72N4O12. The van der Waals surface area contributed by atoms with Crippen molar-refractivity contribution in [2.45, 2.75) is 173 Å². The molecule has 4 fully saturated rings. The van der Waals surface area contributed by atoms with E-state index in [2.05, 4.69) is 11.8 Å². The van der Waals surface area contributed by atoms with Gasteiger partial charge in [-0.25, -0.2) is 4.79 Å². The van der Waals surface area contributed by atoms with Crippen molar-refractivity contribution in [1.82, 2.24) is 14.4 Å². The van der Waals surface area contributed by atoms with Crippen molar-refractivity contribution in [3.63, 3.8) is 0 Å². The van der Waals surface area contributed by atoms with Gasteiger partial charge in [-0.15, -0.1) is 0 Å². The highest BCUT2D eigenvalue weighted by molar-refractivity contribution is 6.00. The number of ketones is 2. The third kappa shape index (κ3) is 10.7. The average molecular weight is 933 g/mol. The van der Waals surface area contributed by atoms with Crippen LogP contribution < -0.4 is 11.2 Å². The molecule has 3 aliphatic heterocycles. The summed E-state index contributed by atoms with van der Waals surface area (Å²) in [7, 11) is 5.21. The average Bonchev–Trinajstić information content (AvgIpc) is 4.10. The van der Waals surface area contributed by atoms with Gasteiger partial charge >= 0.3 is 12.1 Å². The van der Waals surface area contributed by atoms with Crippen LogP contribution in [0.25, 0.3) is 10.9 Å². The summed E-state index contributed by atoms with van der Waals surface area (Å²) in [4.78, 5) is 85.8. The summed E-state index contributed by atoms with van der Waals surface area (Å²) < 4.78 is 33.2. The molecule has 4 heterocycles. The molecule has 1 saturated carbocycles. The fourth-order valence-corrected chi connectivity index (χ4v) is 10.8. The van der Waals surface area contributed by atoms with Gasteiger partial charge in [0.05, 0.1) is 29.4 Å². The third-order valence-corrected chi connectivity index (χ3v) is 14.8. The SMILES string of the molecule is CC[C@H]1OC(=O)[C@H](C)C(=O)[C@H](C)[C@@H](O[C@@H]2O[C@H](C)C[C@H](N(C)C)[C@H]2O)[C@](C)(OC)C[C@@H](C)C(=O)[C@H](C)[C@H]2N(CCCCCC#Cc3ccc4c(c3)c(=O)c(C(N)=O)cn4C3CC3)C(=O)O[C@]12C. The summed E-state index contributed by atoms with van der Waals surface area (Å²) >= 11 is 0. The minimum absolute atomic E-state index is 0.0388. The number of fused-ring (bicyclic) bond motifs is 2. The number of aliphatic hydroxyl groups excluding tert-OH is 1. The normalized spacial score (nSPS) is 34.3. The van der Waals surface area contributed by atoms with E-state index in [-0.39, 0.29) is 48.9 Å². The number of carbonyl (C=O) groups is 5. The second kappa shape index (κ2) is 20.9. The second-order valence-corrected chi connectivity index (χ2v) is 20.1. The fourth-order valence-electron chi connectivity index (χ4n) is 10.8. The van der Waals surface area contributed by atoms with E-state index in [4.69, 9.17) is 29.4 Å². The topological polar surface area (TPSA) is 206 Å². The zero-order chi connectivity index (χ0) is 49.3. The maximum Gasteiger partial charge on any atom is 0.410 e. The van der Waals surface area contributed by atoms with E-state index in [0.717, 1.165) is 18.4 Å². The zero-order valence-electron chi connectivity index (χ0n) is 41.2. The number of cyclic esters (lactones) is 1. The number of primary amides is 1. The van der Waals surface area contributed by atoms with Gasteiger partial charge in [-0.1, -0.05) is 46.0 Å². The molecular weight excluding hydrogens is 861 g/mol. The Bertz CT molecular complexity index is 2320. The third-order valence-electron chi connectivity index (χ3n) is 14.8. The molecule has 0 unspecified atom stereocenters. The monoisotopic (exact) mass is 933 g/mol. The maximum absolute atomic E-state index is 14.8. The number of hydrogen-bond acceptors (Lipinski definition) is 13. The number of esters is 1. The number of methoxy groups -OCH3 is 1. The van der Waals surface area contributed by atoms with Crippen LogP contribution in [0.15, 0.2) is 29.2 Å². The number of likely N-dealkylation sites (N-methyl/N-ethyl adjacent to an activating group) is 1. The Balaban J connectivity index is 1.20. The van der Waals surface area contributed by atoms with Gasteiger partial charge in [-0.2, -0.15) is 0 Å². The first-order chi connectivity index (χ1) is 31.6. The Kier molecular flexibility index (Phi) is 16.1. The van der Waals surface area contributed by atoms with Gasteiger partial charge in [0.15, 0.2) is 17.7 Å². The van der Waals surface area contributed by atoms with Crippen LogP contribution in [0, 0.1) is 35.5 Å². The van der Waals surface area contributed by atoms with E-state index in [1.165, 1.54) is 14.0 Å². The summed E-state index contributed by atoms with van der Waals surface area (Å²) in [6.07, 6.45) is 1.72. The van der Waals surface area contributed by atoms with Crippen molar-refractivity contribution < 1.29 is 52.8 Å². The zero-order valence-corrected chi connectivity index (χ0v) is 41.2. The minimum Gasteiger partial charge on any atom is -0.458 e. The van der Waals surface area contributed by atoms with Gasteiger partial charge in [0.25, 0.3) is 5.91 Å². The minimum atomic E-state index is -1.44. The molecule has 16 heteroatoms. The molecule has 0 bridgehead atoms. The van der Waals surface area contributed by atoms with Crippen LogP contribution in [0.1, 0.15) is 135 Å². The number of rotatable bonds is 12. The molecule has 2 amide bonds. The molecule has 6 rings (SSSR count). The number of ether oxygens (including phenoxy) is 5. The number of nitrogens with two attached hydrogens (primary N) is 1. The molecule has 1 aromatic carbocycles. The molecule has 16 nitrogen and oxygen atoms in total. The van der Waals surface area contributed by atoms with E-state index in [9.17, 15) is 33.9 Å². The Morgan fingerprint density at radius 3 is 2.33 bits per heavy atom. The van der Waals surface area contributed by atoms with E-state index < -0.39 is 94.7 Å². The van der Waals surface area contributed by atoms with E-state index in [1.54, 1.807) is 58.7 Å². The maximum atomic E-state index is 14.8. The van der Waals surface area contributed by atoms with Gasteiger partial charge < -0.3 is 48.9 Å². The number of benzene rings is 1. The van der Waals surface area contributed by atoms with Crippen molar-refractivity contribution >= 4 is 40.4 Å². The highest BCUT2D eigenvalue weighted by Crippen LogP contribution is 2.43. The molecule has 1 aliphatic carbocycles. The molecule has 1 aromatic heterocycles. The summed E-state index contributed by atoms with van der Waals surface area (Å²) in [6, 6.07) is 4.54. The van der Waals surface area contributed by atoms with Crippen LogP contribution in [0.5, 0.6) is 0 Å². The molecule has 4 aliphatic rings. The largest absolute Gasteiger partial charge is 0.458 e. The number of Topliss-reactive ketones (excluding diaryl/α,β-unsaturated/α-hetero) is 2. The van der Waals surface area contributed by atoms with E-state index >= 15 is 0 Å². The van der Waals surface area contributed by atoms with Crippen LogP contribution in [-0.4, -0.2) is 131 Å². The van der Waals surface area contributed by atoms with Crippen LogP contribution in [0.4, 0.5) is 4.79 Å². The van der Waals surface area contributed by atoms with E-state index in [1.807, 2.05) is 42.6 Å². The van der Waals surface area contributed by atoms with Gasteiger partial charge in [0.1, 0.15) is 29.5 Å². The molecule has 0 spiro atoms. The molecule has 13 atom stereocenters. The first-order valence-corrected chi connectivity index (χ1v) is 24.0. The van der Waals surface area contributed by atoms with Gasteiger partial charge in [-0.05, 0) is 105 Å². The molecule has 3 N–H and O–H groups in total. The van der Waals surface area contributed by atoms with Gasteiger partial charge in [0, 0.05) is 67.1 Å². The summed E-state index contributed by atoms with van der Waals surface area (Å²) in [5.74, 6) is 0.432. The number of carbonyl (C=O) groups excluding carboxylic acids is 5. The summed E-state index contributed by atoms with van der Waals surface area (Å²) in [6.45, 7) is 14.1. The number of aliphatic hydroxyl groups is 1. The lowest BCUT2D eigenvalue weighted by Crippen LogP contribution is -2.60. The Labute approximate surface area is 394 Å². The van der Waals surface area contributed by atoms with Crippen LogP contribution >= 0.6 is 0 Å². The van der Waals surface area contributed by atoms with Crippen molar-refractivity contribution in [3.8, 4) is 11.8 Å². The Morgan fingerprint density at radius 1 is 1.00 bits per heavy atom. The van der Waals surface area contributed by atoms with Crippen molar-refractivity contribution in [2.24, 2.45) is 29.4 Å². The van der Waals surface area contributed by atoms with Gasteiger partial charge in [-0.3, -0.25) is 24.0 Å². The number of hydrogen-bond donors (Lipinski definition) is 2. The standard InChI is InChI=1S/C51H72N4O12/c1-12-39-51(8)44(54(49(62)67-51)23-17-15-13-14-16-18-33-19-22-37-35(25-33)42(58)36(46(52)60)27-55(37)34-20-21-34)30(4)40(56)28(2)26-50(7,63-11)45(31(5)41(57)32(6)47(61)65-39)66-48-43(59)38(53(9)10)24-29(3)64-48/h19,22,25,27-32,34,38-39,43-45,48,59H,12-15,17,20-21,23-24,26H2,1-11H3,(H2,52,60)/t28-,29-,30+,31+,32-,38+,39-,43-,44-,45-,48+,50-,51-/m1/s1. The highest BCUT2D eigenvalue weighted by Gasteiger charge is 2.60. The molecule has 0 radical (unpaired) electrons. The first-order valence-electron chi connectivity index (χ1n) is 24.0. The number of aromatic nitrogens is 1. The molecule has 3 saturated heterocycles. The lowest BCUT2D eigenvalue weighted by atomic mass is 9.73. The summed E-state index contributed by atoms with van der Waals surface area (Å²) in [5, 5.41) is 11.9. The number of nitrogens with zero attached hydrogens (tertiary/aromatic N) is 3. The second-order valence-electron chi connectivity index (χ2n) is 20.1. The fraction of sp³-hybridized carbons (Fsp3) is 0.686.